The van der Waals surface area contributed by atoms with E-state index in [9.17, 15) is 0 Å². The van der Waals surface area contributed by atoms with Gasteiger partial charge in [-0.1, -0.05) is 26.0 Å². The minimum absolute atomic E-state index is 0.359. The van der Waals surface area contributed by atoms with Gasteiger partial charge in [-0.3, -0.25) is 0 Å². The normalized spacial score (nSPS) is 12.6. The molecule has 21 heavy (non-hydrogen) atoms. The van der Waals surface area contributed by atoms with Crippen molar-refractivity contribution >= 4 is 0 Å². The van der Waals surface area contributed by atoms with Crippen LogP contribution in [0.4, 0.5) is 0 Å². The molecule has 0 saturated heterocycles. The van der Waals surface area contributed by atoms with Crippen molar-refractivity contribution in [3.05, 3.63) is 48.0 Å². The Kier molecular flexibility index (Phi) is 5.39. The molecule has 0 saturated carbocycles. The van der Waals surface area contributed by atoms with Crippen LogP contribution in [0.1, 0.15) is 31.0 Å². The third-order valence-corrected chi connectivity index (χ3v) is 3.96. The van der Waals surface area contributed by atoms with Gasteiger partial charge in [-0.15, -0.1) is 0 Å². The molecule has 0 aliphatic rings. The van der Waals surface area contributed by atoms with Gasteiger partial charge >= 0.3 is 0 Å². The molecular formula is C17H25N3O. The van der Waals surface area contributed by atoms with E-state index in [0.29, 0.717) is 18.4 Å². The molecule has 0 fully saturated rings. The Hall–Kier alpha value is -1.81. The number of ether oxygens (including phenoxy) is 1. The van der Waals surface area contributed by atoms with E-state index in [4.69, 9.17) is 10.5 Å². The fraction of sp³-hybridized carbons (Fsp3) is 0.471. The van der Waals surface area contributed by atoms with Crippen LogP contribution in [0.25, 0.3) is 0 Å². The van der Waals surface area contributed by atoms with Crippen LogP contribution in [-0.4, -0.2) is 23.2 Å². The van der Waals surface area contributed by atoms with Crippen LogP contribution in [0, 0.1) is 5.92 Å². The van der Waals surface area contributed by atoms with Crippen molar-refractivity contribution in [1.29, 1.82) is 0 Å². The van der Waals surface area contributed by atoms with E-state index in [1.807, 2.05) is 24.7 Å². The third kappa shape index (κ3) is 3.85. The molecule has 1 unspecified atom stereocenters. The predicted molar refractivity (Wildman–Crippen MR) is 85.6 cm³/mol. The first-order valence-electron chi connectivity index (χ1n) is 7.48. The molecule has 4 nitrogen and oxygen atoms in total. The Morgan fingerprint density at radius 2 is 2.14 bits per heavy atom. The van der Waals surface area contributed by atoms with E-state index in [2.05, 4.69) is 35.5 Å². The van der Waals surface area contributed by atoms with Gasteiger partial charge in [0, 0.05) is 30.9 Å². The summed E-state index contributed by atoms with van der Waals surface area (Å²) < 4.78 is 7.49. The van der Waals surface area contributed by atoms with Gasteiger partial charge in [0.25, 0.3) is 0 Å². The van der Waals surface area contributed by atoms with Crippen molar-refractivity contribution in [2.24, 2.45) is 11.7 Å². The van der Waals surface area contributed by atoms with Crippen molar-refractivity contribution in [3.63, 3.8) is 0 Å². The molecule has 0 spiro atoms. The molecule has 2 N–H and O–H groups in total. The second-order valence-corrected chi connectivity index (χ2v) is 5.70. The molecule has 0 amide bonds. The fourth-order valence-electron chi connectivity index (χ4n) is 2.64. The first kappa shape index (κ1) is 15.6. The Morgan fingerprint density at radius 1 is 1.33 bits per heavy atom. The van der Waals surface area contributed by atoms with Crippen molar-refractivity contribution in [2.75, 3.05) is 13.7 Å². The summed E-state index contributed by atoms with van der Waals surface area (Å²) in [7, 11) is 1.70. The monoisotopic (exact) mass is 287 g/mol. The van der Waals surface area contributed by atoms with Gasteiger partial charge in [0.15, 0.2) is 0 Å². The fourth-order valence-corrected chi connectivity index (χ4v) is 2.64. The highest BCUT2D eigenvalue weighted by Crippen LogP contribution is 2.23. The lowest BCUT2D eigenvalue weighted by Gasteiger charge is -2.20. The molecule has 1 heterocycles. The molecule has 0 aliphatic carbocycles. The van der Waals surface area contributed by atoms with Gasteiger partial charge in [0.1, 0.15) is 5.75 Å². The smallest absolute Gasteiger partial charge is 0.119 e. The number of nitrogens with two attached hydrogens (primary N) is 1. The molecule has 1 aromatic carbocycles. The Balaban J connectivity index is 2.08. The second kappa shape index (κ2) is 7.27. The number of hydrogen-bond donors (Lipinski definition) is 1. The summed E-state index contributed by atoms with van der Waals surface area (Å²) in [5, 5.41) is 0. The number of hydrogen-bond acceptors (Lipinski definition) is 3. The molecule has 0 bridgehead atoms. The van der Waals surface area contributed by atoms with E-state index in [0.717, 1.165) is 18.7 Å². The maximum Gasteiger partial charge on any atom is 0.119 e. The van der Waals surface area contributed by atoms with Crippen molar-refractivity contribution in [3.8, 4) is 5.75 Å². The number of methoxy groups -OCH3 is 1. The third-order valence-electron chi connectivity index (χ3n) is 3.96. The first-order chi connectivity index (χ1) is 10.2. The summed E-state index contributed by atoms with van der Waals surface area (Å²) in [6.45, 7) is 5.97. The minimum atomic E-state index is 0.359. The maximum atomic E-state index is 5.92. The summed E-state index contributed by atoms with van der Waals surface area (Å²) >= 11 is 0. The average molecular weight is 287 g/mol. The van der Waals surface area contributed by atoms with E-state index in [-0.39, 0.29) is 0 Å². The number of benzene rings is 1. The zero-order valence-corrected chi connectivity index (χ0v) is 13.1. The molecule has 0 radical (unpaired) electrons. The Morgan fingerprint density at radius 3 is 2.81 bits per heavy atom. The lowest BCUT2D eigenvalue weighted by atomic mass is 9.93. The van der Waals surface area contributed by atoms with Gasteiger partial charge < -0.3 is 15.0 Å². The number of rotatable bonds is 7. The standard InChI is InChI=1S/C17H25N3O/c1-13(2)16(10-18)17-11-19-12-20(17)8-7-14-5-4-6-15(9-14)21-3/h4-6,9,11-13,16H,7-8,10,18H2,1-3H3. The van der Waals surface area contributed by atoms with E-state index in [1.165, 1.54) is 11.3 Å². The predicted octanol–water partition coefficient (Wildman–Crippen LogP) is 2.83. The largest absolute Gasteiger partial charge is 0.497 e. The lowest BCUT2D eigenvalue weighted by molar-refractivity contribution is 0.414. The van der Waals surface area contributed by atoms with Crippen LogP contribution in [-0.2, 0) is 13.0 Å². The van der Waals surface area contributed by atoms with Gasteiger partial charge in [0.2, 0.25) is 0 Å². The van der Waals surface area contributed by atoms with Crippen LogP contribution >= 0.6 is 0 Å². The molecule has 2 rings (SSSR count). The van der Waals surface area contributed by atoms with Crippen LogP contribution in [0.15, 0.2) is 36.8 Å². The molecule has 114 valence electrons. The highest BCUT2D eigenvalue weighted by molar-refractivity contribution is 5.28. The van der Waals surface area contributed by atoms with Gasteiger partial charge in [-0.05, 0) is 30.0 Å². The molecule has 1 aromatic heterocycles. The van der Waals surface area contributed by atoms with E-state index < -0.39 is 0 Å². The van der Waals surface area contributed by atoms with Crippen molar-refractivity contribution < 1.29 is 4.74 Å². The van der Waals surface area contributed by atoms with E-state index in [1.54, 1.807) is 7.11 Å². The number of aromatic nitrogens is 2. The van der Waals surface area contributed by atoms with E-state index >= 15 is 0 Å². The van der Waals surface area contributed by atoms with Crippen molar-refractivity contribution in [2.45, 2.75) is 32.7 Å². The van der Waals surface area contributed by atoms with Gasteiger partial charge in [0.05, 0.1) is 13.4 Å². The second-order valence-electron chi connectivity index (χ2n) is 5.70. The minimum Gasteiger partial charge on any atom is -0.497 e. The zero-order valence-electron chi connectivity index (χ0n) is 13.1. The van der Waals surface area contributed by atoms with Crippen LogP contribution in [0.3, 0.4) is 0 Å². The molecular weight excluding hydrogens is 262 g/mol. The molecule has 4 heteroatoms. The number of aryl methyl sites for hydroxylation is 2. The Bertz CT molecular complexity index is 563. The maximum absolute atomic E-state index is 5.92. The molecule has 0 aliphatic heterocycles. The molecule has 2 aromatic rings. The SMILES string of the molecule is COc1cccc(CCn2cncc2C(CN)C(C)C)c1. The highest BCUT2D eigenvalue weighted by Gasteiger charge is 2.18. The number of nitrogens with zero attached hydrogens (tertiary/aromatic N) is 2. The topological polar surface area (TPSA) is 53.1 Å². The van der Waals surface area contributed by atoms with Crippen LogP contribution in [0.5, 0.6) is 5.75 Å². The van der Waals surface area contributed by atoms with Crippen LogP contribution in [0.2, 0.25) is 0 Å². The summed E-state index contributed by atoms with van der Waals surface area (Å²) in [5.41, 5.74) is 8.42. The number of imidazole rings is 1. The quantitative estimate of drug-likeness (QED) is 0.852. The summed E-state index contributed by atoms with van der Waals surface area (Å²) in [6, 6.07) is 8.20. The van der Waals surface area contributed by atoms with Gasteiger partial charge in [-0.2, -0.15) is 0 Å². The summed E-state index contributed by atoms with van der Waals surface area (Å²) in [6.07, 6.45) is 4.81. The van der Waals surface area contributed by atoms with Gasteiger partial charge in [-0.25, -0.2) is 4.98 Å². The summed E-state index contributed by atoms with van der Waals surface area (Å²) in [5.74, 6) is 1.78. The average Bonchev–Trinajstić information content (AvgIpc) is 2.94. The first-order valence-corrected chi connectivity index (χ1v) is 7.48. The highest BCUT2D eigenvalue weighted by atomic mass is 16.5. The zero-order chi connectivity index (χ0) is 15.2. The lowest BCUT2D eigenvalue weighted by Crippen LogP contribution is -2.21. The Labute approximate surface area is 127 Å². The molecule has 1 atom stereocenters. The van der Waals surface area contributed by atoms with Crippen LogP contribution < -0.4 is 10.5 Å². The van der Waals surface area contributed by atoms with Crippen molar-refractivity contribution in [1.82, 2.24) is 9.55 Å². The summed E-state index contributed by atoms with van der Waals surface area (Å²) in [4.78, 5) is 4.30.